The smallest absolute Gasteiger partial charge is 0.263 e. The zero-order chi connectivity index (χ0) is 21.1. The van der Waals surface area contributed by atoms with Crippen molar-refractivity contribution >= 4 is 38.2 Å². The van der Waals surface area contributed by atoms with Crippen LogP contribution in [0.25, 0.3) is 0 Å². The number of fused-ring (bicyclic) bond motifs is 1. The van der Waals surface area contributed by atoms with E-state index >= 15 is 0 Å². The number of sulfonamides is 1. The topological polar surface area (TPSA) is 101 Å². The first-order valence-electron chi connectivity index (χ1n) is 9.06. The summed E-state index contributed by atoms with van der Waals surface area (Å²) >= 11 is 1.35. The van der Waals surface area contributed by atoms with Crippen LogP contribution in [0, 0.1) is 5.82 Å². The number of rotatable bonds is 6. The van der Waals surface area contributed by atoms with E-state index in [9.17, 15) is 17.6 Å². The Labute approximate surface area is 176 Å². The Bertz CT molecular complexity index is 1220. The van der Waals surface area contributed by atoms with Crippen molar-refractivity contribution in [3.05, 3.63) is 76.5 Å². The van der Waals surface area contributed by atoms with Gasteiger partial charge in [0.25, 0.3) is 10.0 Å². The molecule has 30 heavy (non-hydrogen) atoms. The summed E-state index contributed by atoms with van der Waals surface area (Å²) in [4.78, 5) is 21.7. The third-order valence-electron chi connectivity index (χ3n) is 4.36. The second kappa shape index (κ2) is 8.33. The van der Waals surface area contributed by atoms with Crippen molar-refractivity contribution in [1.82, 2.24) is 9.71 Å². The average molecular weight is 445 g/mol. The largest absolute Gasteiger partial charge is 0.302 e. The van der Waals surface area contributed by atoms with Gasteiger partial charge in [-0.25, -0.2) is 17.8 Å². The van der Waals surface area contributed by atoms with Crippen molar-refractivity contribution in [2.45, 2.75) is 17.7 Å². The van der Waals surface area contributed by atoms with Gasteiger partial charge in [0.15, 0.2) is 5.13 Å². The Morgan fingerprint density at radius 1 is 1.17 bits per heavy atom. The summed E-state index contributed by atoms with van der Waals surface area (Å²) in [5.41, 5.74) is 1.45. The summed E-state index contributed by atoms with van der Waals surface area (Å²) in [6.45, 7) is 0.131. The van der Waals surface area contributed by atoms with Crippen LogP contribution in [0.3, 0.4) is 0 Å². The van der Waals surface area contributed by atoms with Crippen LogP contribution < -0.4 is 10.0 Å². The van der Waals surface area contributed by atoms with Gasteiger partial charge in [-0.05, 0) is 29.8 Å². The predicted molar refractivity (Wildman–Crippen MR) is 113 cm³/mol. The number of benzene rings is 2. The van der Waals surface area contributed by atoms with Gasteiger partial charge in [0, 0.05) is 29.5 Å². The van der Waals surface area contributed by atoms with Gasteiger partial charge >= 0.3 is 0 Å². The van der Waals surface area contributed by atoms with Crippen LogP contribution in [-0.2, 0) is 21.2 Å². The molecule has 0 saturated heterocycles. The van der Waals surface area contributed by atoms with Crippen molar-refractivity contribution in [3.63, 3.8) is 0 Å². The predicted octanol–water partition coefficient (Wildman–Crippen LogP) is 2.94. The molecule has 10 heteroatoms. The fourth-order valence-electron chi connectivity index (χ4n) is 2.95. The van der Waals surface area contributed by atoms with Gasteiger partial charge in [-0.1, -0.05) is 24.3 Å². The summed E-state index contributed by atoms with van der Waals surface area (Å²) in [6, 6.07) is 12.8. The second-order valence-corrected chi connectivity index (χ2v) is 9.33. The highest BCUT2D eigenvalue weighted by atomic mass is 32.2. The number of hydrogen-bond donors (Lipinski definition) is 2. The minimum atomic E-state index is -3.59. The van der Waals surface area contributed by atoms with E-state index < -0.39 is 10.0 Å². The number of carbonyl (C=O) groups is 1. The van der Waals surface area contributed by atoms with Crippen molar-refractivity contribution in [1.29, 1.82) is 0 Å². The van der Waals surface area contributed by atoms with Crippen molar-refractivity contribution < 1.29 is 17.6 Å². The number of anilines is 1. The first kappa shape index (κ1) is 20.2. The van der Waals surface area contributed by atoms with Crippen molar-refractivity contribution in [2.24, 2.45) is 4.99 Å². The number of thiazole rings is 1. The molecular weight excluding hydrogens is 427 g/mol. The molecule has 0 aliphatic carbocycles. The highest BCUT2D eigenvalue weighted by Gasteiger charge is 2.29. The lowest BCUT2D eigenvalue weighted by Gasteiger charge is -2.01. The summed E-state index contributed by atoms with van der Waals surface area (Å²) in [6.07, 6.45) is 2.36. The van der Waals surface area contributed by atoms with Crippen molar-refractivity contribution in [3.8, 4) is 0 Å². The molecule has 154 valence electrons. The Balaban J connectivity index is 1.32. The average Bonchev–Trinajstić information content (AvgIpc) is 3.25. The van der Waals surface area contributed by atoms with Gasteiger partial charge < -0.3 is 5.32 Å². The maximum absolute atomic E-state index is 13.0. The fraction of sp³-hybridized carbons (Fsp3) is 0.150. The molecule has 1 aromatic heterocycles. The van der Waals surface area contributed by atoms with Crippen LogP contribution in [0.2, 0.25) is 0 Å². The number of hydrogen-bond acceptors (Lipinski definition) is 6. The van der Waals surface area contributed by atoms with Crippen LogP contribution in [0.5, 0.6) is 0 Å². The Hall–Kier alpha value is -3.11. The van der Waals surface area contributed by atoms with Crippen LogP contribution in [-0.4, -0.2) is 31.7 Å². The second-order valence-electron chi connectivity index (χ2n) is 6.57. The van der Waals surface area contributed by atoms with E-state index in [0.29, 0.717) is 17.1 Å². The van der Waals surface area contributed by atoms with E-state index in [-0.39, 0.29) is 35.4 Å². The molecule has 1 aliphatic rings. The quantitative estimate of drug-likeness (QED) is 0.610. The molecule has 2 heterocycles. The molecule has 0 spiro atoms. The Morgan fingerprint density at radius 2 is 1.93 bits per heavy atom. The molecule has 0 radical (unpaired) electrons. The van der Waals surface area contributed by atoms with Crippen molar-refractivity contribution in [2.75, 3.05) is 11.9 Å². The van der Waals surface area contributed by atoms with Gasteiger partial charge in [-0.15, -0.1) is 11.3 Å². The molecule has 0 atom stereocenters. The number of aliphatic imine (C=N–C) groups is 1. The van der Waals surface area contributed by atoms with E-state index in [1.807, 2.05) is 0 Å². The summed E-state index contributed by atoms with van der Waals surface area (Å²) in [7, 11) is -3.59. The lowest BCUT2D eigenvalue weighted by atomic mass is 10.1. The zero-order valence-electron chi connectivity index (χ0n) is 15.6. The molecule has 0 unspecified atom stereocenters. The zero-order valence-corrected chi connectivity index (χ0v) is 17.3. The third kappa shape index (κ3) is 4.55. The Kier molecular flexibility index (Phi) is 5.60. The number of nitrogens with zero attached hydrogens (tertiary/aromatic N) is 2. The molecule has 1 aliphatic heterocycles. The maximum atomic E-state index is 13.0. The molecule has 7 nitrogen and oxygen atoms in total. The van der Waals surface area contributed by atoms with E-state index in [2.05, 4.69) is 20.0 Å². The minimum absolute atomic E-state index is 0.0836. The van der Waals surface area contributed by atoms with E-state index in [0.717, 1.165) is 10.4 Å². The molecule has 2 N–H and O–H groups in total. The first-order chi connectivity index (χ1) is 14.4. The third-order valence-corrected chi connectivity index (χ3v) is 6.67. The van der Waals surface area contributed by atoms with Gasteiger partial charge in [0.05, 0.1) is 11.4 Å². The molecule has 1 amide bonds. The van der Waals surface area contributed by atoms with Gasteiger partial charge in [-0.3, -0.25) is 14.5 Å². The number of aromatic nitrogens is 1. The van der Waals surface area contributed by atoms with Gasteiger partial charge in [-0.2, -0.15) is 0 Å². The number of halogens is 1. The summed E-state index contributed by atoms with van der Waals surface area (Å²) in [5.74, 6) is -0.307. The van der Waals surface area contributed by atoms with E-state index in [1.54, 1.807) is 36.5 Å². The molecule has 0 bridgehead atoms. The van der Waals surface area contributed by atoms with E-state index in [4.69, 9.17) is 0 Å². The maximum Gasteiger partial charge on any atom is 0.263 e. The number of amidine groups is 1. The highest BCUT2D eigenvalue weighted by molar-refractivity contribution is 7.90. The van der Waals surface area contributed by atoms with Gasteiger partial charge in [0.2, 0.25) is 5.91 Å². The fourth-order valence-corrected chi connectivity index (χ4v) is 5.07. The van der Waals surface area contributed by atoms with Crippen LogP contribution >= 0.6 is 11.3 Å². The molecule has 4 rings (SSSR count). The Morgan fingerprint density at radius 3 is 2.73 bits per heavy atom. The van der Waals surface area contributed by atoms with Crippen LogP contribution in [0.1, 0.15) is 22.4 Å². The normalized spacial score (nSPS) is 15.6. The molecule has 0 fully saturated rings. The minimum Gasteiger partial charge on any atom is -0.302 e. The lowest BCUT2D eigenvalue weighted by Crippen LogP contribution is -2.23. The van der Waals surface area contributed by atoms with E-state index in [1.165, 1.54) is 29.5 Å². The number of amides is 1. The summed E-state index contributed by atoms with van der Waals surface area (Å²) < 4.78 is 39.5. The molecule has 0 saturated carbocycles. The molecule has 3 aromatic rings. The van der Waals surface area contributed by atoms with Gasteiger partial charge in [0.1, 0.15) is 11.7 Å². The molecule has 2 aromatic carbocycles. The summed E-state index contributed by atoms with van der Waals surface area (Å²) in [5, 5.41) is 3.19. The number of nitrogens with one attached hydrogen (secondary N) is 2. The van der Waals surface area contributed by atoms with Crippen LogP contribution in [0.15, 0.2) is 64.6 Å². The first-order valence-corrected chi connectivity index (χ1v) is 11.4. The monoisotopic (exact) mass is 444 g/mol. The highest BCUT2D eigenvalue weighted by Crippen LogP contribution is 2.23. The molecular formula is C20H17FN4O3S2. The van der Waals surface area contributed by atoms with Crippen LogP contribution in [0.4, 0.5) is 9.52 Å². The standard InChI is InChI=1S/C20H17FN4O3S2/c21-14-7-5-13(6-8-14)11-15-12-23-20(29-15)24-18(26)9-10-22-19-16-3-1-2-4-17(16)30(27,28)25-19/h1-8,12H,9-11H2,(H,22,25)(H,23,24,26). The lowest BCUT2D eigenvalue weighted by molar-refractivity contribution is -0.116. The number of carbonyl (C=O) groups excluding carboxylic acids is 1. The SMILES string of the molecule is O=C(CCN=C1NS(=O)(=O)c2ccccc21)Nc1ncc(Cc2ccc(F)cc2)s1.